The Hall–Kier alpha value is -5.76. The summed E-state index contributed by atoms with van der Waals surface area (Å²) >= 11 is 6.56. The molecule has 0 spiro atoms. The number of piperazine rings is 2. The maximum atomic E-state index is 15.6. The number of carbonyl (C=O) groups is 5. The van der Waals surface area contributed by atoms with E-state index in [4.69, 9.17) is 16.3 Å². The summed E-state index contributed by atoms with van der Waals surface area (Å²) in [6.45, 7) is 8.35. The molecule has 0 radical (unpaired) electrons. The molecule has 0 bridgehead atoms. The Morgan fingerprint density at radius 3 is 2.17 bits per heavy atom. The molecule has 3 fully saturated rings. The molecule has 17 nitrogen and oxygen atoms in total. The number of amides is 4. The van der Waals surface area contributed by atoms with Gasteiger partial charge in [-0.1, -0.05) is 17.7 Å². The van der Waals surface area contributed by atoms with E-state index in [1.165, 1.54) is 54.3 Å². The Bertz CT molecular complexity index is 2400. The number of hydrogen-bond acceptors (Lipinski definition) is 10. The van der Waals surface area contributed by atoms with E-state index < -0.39 is 23.5 Å². The predicted molar refractivity (Wildman–Crippen MR) is 230 cm³/mol. The molecule has 7 rings (SSSR count). The second kappa shape index (κ2) is 20.0. The first-order chi connectivity index (χ1) is 30.7. The van der Waals surface area contributed by atoms with Crippen molar-refractivity contribution in [3.63, 3.8) is 0 Å². The number of rotatable bonds is 16. The lowest BCUT2D eigenvalue weighted by Gasteiger charge is -2.48. The fourth-order valence-corrected chi connectivity index (χ4v) is 9.03. The Labute approximate surface area is 374 Å². The van der Waals surface area contributed by atoms with Gasteiger partial charge in [-0.3, -0.25) is 23.9 Å². The summed E-state index contributed by atoms with van der Waals surface area (Å²) in [5, 5.41) is 21.8. The van der Waals surface area contributed by atoms with Gasteiger partial charge in [0.2, 0.25) is 11.8 Å². The quantitative estimate of drug-likeness (QED) is 0.158. The van der Waals surface area contributed by atoms with E-state index in [-0.39, 0.29) is 89.1 Å². The van der Waals surface area contributed by atoms with Gasteiger partial charge in [0, 0.05) is 100 Å². The second-order valence-electron chi connectivity index (χ2n) is 16.8. The van der Waals surface area contributed by atoms with Crippen molar-refractivity contribution in [1.29, 1.82) is 0 Å². The lowest BCUT2D eigenvalue weighted by molar-refractivity contribution is -0.929. The molecule has 3 aliphatic rings. The molecule has 2 aromatic heterocycles. The van der Waals surface area contributed by atoms with E-state index in [0.717, 1.165) is 19.6 Å². The standard InChI is InChI=1S/C44H53ClF2N10O7/c1-28-34(24-50-56(28)17-20-64-3)31-9-10-33(41(47)40(31)46)36-25-49-42(52(36)2)43(62)51-30-7-8-32(35(45)21-30)44(63)55-13-11-53(12-14-55)37(58)5-4-6-38(59)54-15-18-57(19-16-54,27-39(60)61)26-29-22-48-23-29/h7-10,21,24-25,29,48H,4-6,11-20,22-23,26-27H2,1-3H3,(H-,51,60,61,62,63). The Kier molecular flexibility index (Phi) is 14.4. The molecule has 20 heteroatoms. The number of nitrogens with one attached hydrogen (secondary N) is 2. The topological polar surface area (TPSA) is 187 Å². The van der Waals surface area contributed by atoms with Crippen LogP contribution in [-0.2, 0) is 32.7 Å². The van der Waals surface area contributed by atoms with Gasteiger partial charge in [-0.25, -0.2) is 13.8 Å². The van der Waals surface area contributed by atoms with Gasteiger partial charge in [-0.2, -0.15) is 5.10 Å². The highest BCUT2D eigenvalue weighted by atomic mass is 35.5. The molecule has 0 unspecified atom stereocenters. The van der Waals surface area contributed by atoms with Gasteiger partial charge in [0.15, 0.2) is 17.5 Å². The minimum absolute atomic E-state index is 0.0461. The molecular formula is C44H53ClF2N10O7. The normalized spacial score (nSPS) is 16.4. The highest BCUT2D eigenvalue weighted by Crippen LogP contribution is 2.33. The monoisotopic (exact) mass is 906 g/mol. The van der Waals surface area contributed by atoms with Crippen molar-refractivity contribution in [2.45, 2.75) is 32.7 Å². The minimum atomic E-state index is -1.10. The minimum Gasteiger partial charge on any atom is -0.544 e. The summed E-state index contributed by atoms with van der Waals surface area (Å²) in [5.41, 5.74) is 1.71. The summed E-state index contributed by atoms with van der Waals surface area (Å²) in [4.78, 5) is 73.6. The third kappa shape index (κ3) is 10.1. The second-order valence-corrected chi connectivity index (χ2v) is 17.2. The molecule has 4 aromatic rings. The van der Waals surface area contributed by atoms with Gasteiger partial charge in [0.25, 0.3) is 11.8 Å². The van der Waals surface area contributed by atoms with Gasteiger partial charge in [-0.15, -0.1) is 0 Å². The Morgan fingerprint density at radius 1 is 0.906 bits per heavy atom. The average molecular weight is 907 g/mol. The van der Waals surface area contributed by atoms with Crippen LogP contribution in [0.2, 0.25) is 5.02 Å². The first-order valence-electron chi connectivity index (χ1n) is 21.4. The van der Waals surface area contributed by atoms with Crippen molar-refractivity contribution in [2.75, 3.05) is 97.6 Å². The lowest BCUT2D eigenvalue weighted by atomic mass is 10.00. The number of carbonyl (C=O) groups excluding carboxylic acids is 5. The van der Waals surface area contributed by atoms with Gasteiger partial charge in [0.05, 0.1) is 80.5 Å². The number of aliphatic carboxylic acids is 1. The van der Waals surface area contributed by atoms with Crippen molar-refractivity contribution in [1.82, 2.24) is 39.3 Å². The fraction of sp³-hybridized carbons (Fsp3) is 0.477. The number of quaternary nitrogens is 1. The van der Waals surface area contributed by atoms with Gasteiger partial charge < -0.3 is 49.0 Å². The van der Waals surface area contributed by atoms with E-state index in [2.05, 4.69) is 20.7 Å². The summed E-state index contributed by atoms with van der Waals surface area (Å²) in [6, 6.07) is 7.35. The molecular weight excluding hydrogens is 854 g/mol. The summed E-state index contributed by atoms with van der Waals surface area (Å²) in [5.74, 6) is -4.02. The molecule has 64 heavy (non-hydrogen) atoms. The molecule has 0 atom stereocenters. The average Bonchev–Trinajstić information content (AvgIpc) is 3.83. The highest BCUT2D eigenvalue weighted by Gasteiger charge is 2.38. The molecule has 3 saturated heterocycles. The number of carboxylic acid groups (broad SMARTS) is 1. The molecule has 4 amide bonds. The number of ether oxygens (including phenoxy) is 1. The van der Waals surface area contributed by atoms with Crippen molar-refractivity contribution in [3.05, 3.63) is 76.5 Å². The van der Waals surface area contributed by atoms with Crippen molar-refractivity contribution >= 4 is 46.9 Å². The van der Waals surface area contributed by atoms with Crippen LogP contribution < -0.4 is 15.7 Å². The third-order valence-corrected chi connectivity index (χ3v) is 12.9. The predicted octanol–water partition coefficient (Wildman–Crippen LogP) is 2.17. The highest BCUT2D eigenvalue weighted by molar-refractivity contribution is 6.34. The fourth-order valence-electron chi connectivity index (χ4n) is 8.77. The van der Waals surface area contributed by atoms with Crippen LogP contribution in [0.15, 0.2) is 42.7 Å². The summed E-state index contributed by atoms with van der Waals surface area (Å²) < 4.78 is 39.6. The van der Waals surface area contributed by atoms with Gasteiger partial charge >= 0.3 is 0 Å². The molecule has 5 heterocycles. The number of imidazole rings is 1. The van der Waals surface area contributed by atoms with Gasteiger partial charge in [0.1, 0.15) is 6.54 Å². The number of nitrogens with zero attached hydrogens (tertiary/aromatic N) is 8. The maximum Gasteiger partial charge on any atom is 0.291 e. The zero-order chi connectivity index (χ0) is 45.7. The third-order valence-electron chi connectivity index (χ3n) is 12.6. The number of methoxy groups -OCH3 is 1. The SMILES string of the molecule is COCCn1ncc(-c2ccc(-c3cnc(C(=O)Nc4ccc(C(=O)N5CCN(C(=O)CCCC(=O)N6CC[N+](CC(=O)[O-])(CC7CNC7)CC6)CC5)c(Cl)c4)n3C)c(F)c2F)c1C. The van der Waals surface area contributed by atoms with Crippen molar-refractivity contribution < 1.29 is 47.1 Å². The number of halogens is 3. The molecule has 2 aromatic carbocycles. The largest absolute Gasteiger partial charge is 0.544 e. The zero-order valence-electron chi connectivity index (χ0n) is 36.2. The van der Waals surface area contributed by atoms with Crippen LogP contribution in [0, 0.1) is 24.5 Å². The summed E-state index contributed by atoms with van der Waals surface area (Å²) in [6.07, 6.45) is 3.56. The van der Waals surface area contributed by atoms with Crippen LogP contribution in [0.1, 0.15) is 45.9 Å². The van der Waals surface area contributed by atoms with Crippen LogP contribution in [0.3, 0.4) is 0 Å². The van der Waals surface area contributed by atoms with Crippen molar-refractivity contribution in [3.8, 4) is 22.4 Å². The summed E-state index contributed by atoms with van der Waals surface area (Å²) in [7, 11) is 3.07. The van der Waals surface area contributed by atoms with E-state index in [1.807, 2.05) is 0 Å². The van der Waals surface area contributed by atoms with Gasteiger partial charge in [-0.05, 0) is 37.6 Å². The Morgan fingerprint density at radius 2 is 1.55 bits per heavy atom. The maximum absolute atomic E-state index is 15.6. The van der Waals surface area contributed by atoms with E-state index >= 15 is 8.78 Å². The van der Waals surface area contributed by atoms with E-state index in [9.17, 15) is 29.1 Å². The number of carboxylic acids is 1. The van der Waals surface area contributed by atoms with Crippen molar-refractivity contribution in [2.24, 2.45) is 13.0 Å². The van der Waals surface area contributed by atoms with Crippen LogP contribution >= 0.6 is 11.6 Å². The molecule has 2 N–H and O–H groups in total. The number of anilines is 1. The Balaban J connectivity index is 0.873. The van der Waals surface area contributed by atoms with E-state index in [0.29, 0.717) is 80.5 Å². The first-order valence-corrected chi connectivity index (χ1v) is 21.8. The first kappa shape index (κ1) is 46.2. The van der Waals surface area contributed by atoms with E-state index in [1.54, 1.807) is 33.4 Å². The van der Waals surface area contributed by atoms with Crippen LogP contribution in [0.5, 0.6) is 0 Å². The number of aromatic nitrogens is 4. The number of benzene rings is 2. The molecule has 342 valence electrons. The smallest absolute Gasteiger partial charge is 0.291 e. The molecule has 3 aliphatic heterocycles. The zero-order valence-corrected chi connectivity index (χ0v) is 37.0. The molecule has 0 aliphatic carbocycles. The lowest BCUT2D eigenvalue weighted by Crippen LogP contribution is -2.66. The van der Waals surface area contributed by atoms with Crippen LogP contribution in [0.25, 0.3) is 22.4 Å². The number of hydrogen-bond donors (Lipinski definition) is 2. The van der Waals surface area contributed by atoms with Crippen LogP contribution in [0.4, 0.5) is 14.5 Å². The van der Waals surface area contributed by atoms with Crippen LogP contribution in [-0.4, -0.2) is 160 Å². The molecule has 0 saturated carbocycles.